The van der Waals surface area contributed by atoms with Crippen LogP contribution < -0.4 is 0 Å². The predicted octanol–water partition coefficient (Wildman–Crippen LogP) is 3.36. The van der Waals surface area contributed by atoms with Gasteiger partial charge >= 0.3 is 0 Å². The van der Waals surface area contributed by atoms with Gasteiger partial charge in [-0.15, -0.1) is 6.58 Å². The molecule has 0 saturated carbocycles. The second kappa shape index (κ2) is 7.01. The van der Waals surface area contributed by atoms with E-state index in [0.29, 0.717) is 18.5 Å². The van der Waals surface area contributed by atoms with Gasteiger partial charge in [0.15, 0.2) is 11.6 Å². The maximum absolute atomic E-state index is 13.9. The van der Waals surface area contributed by atoms with Gasteiger partial charge in [-0.2, -0.15) is 0 Å². The van der Waals surface area contributed by atoms with E-state index in [1.807, 2.05) is 4.90 Å². The first-order valence-electron chi connectivity index (χ1n) is 8.57. The predicted molar refractivity (Wildman–Crippen MR) is 89.3 cm³/mol. The number of rotatable bonds is 4. The molecule has 0 N–H and O–H groups in total. The van der Waals surface area contributed by atoms with E-state index in [9.17, 15) is 13.6 Å². The van der Waals surface area contributed by atoms with E-state index in [-0.39, 0.29) is 11.3 Å². The second-order valence-corrected chi connectivity index (χ2v) is 7.09. The zero-order chi connectivity index (χ0) is 17.2. The Balaban J connectivity index is 1.65. The minimum Gasteiger partial charge on any atom is -0.342 e. The van der Waals surface area contributed by atoms with Gasteiger partial charge in [0.25, 0.3) is 0 Å². The van der Waals surface area contributed by atoms with Gasteiger partial charge < -0.3 is 4.90 Å². The van der Waals surface area contributed by atoms with Gasteiger partial charge in [-0.25, -0.2) is 8.78 Å². The Kier molecular flexibility index (Phi) is 4.99. The lowest BCUT2D eigenvalue weighted by Gasteiger charge is -2.40. The van der Waals surface area contributed by atoms with E-state index in [1.165, 1.54) is 0 Å². The van der Waals surface area contributed by atoms with Gasteiger partial charge in [-0.05, 0) is 31.9 Å². The summed E-state index contributed by atoms with van der Waals surface area (Å²) in [6, 6.07) is 4.35. The van der Waals surface area contributed by atoms with Crippen molar-refractivity contribution in [3.8, 4) is 0 Å². The zero-order valence-electron chi connectivity index (χ0n) is 13.9. The number of likely N-dealkylation sites (tertiary alicyclic amines) is 2. The Morgan fingerprint density at radius 1 is 1.25 bits per heavy atom. The second-order valence-electron chi connectivity index (χ2n) is 7.09. The van der Waals surface area contributed by atoms with Crippen LogP contribution in [-0.4, -0.2) is 41.9 Å². The Morgan fingerprint density at radius 2 is 2.08 bits per heavy atom. The molecule has 2 aliphatic rings. The molecule has 5 heteroatoms. The van der Waals surface area contributed by atoms with Crippen LogP contribution in [0.2, 0.25) is 0 Å². The van der Waals surface area contributed by atoms with E-state index >= 15 is 0 Å². The van der Waals surface area contributed by atoms with E-state index in [4.69, 9.17) is 0 Å². The molecule has 2 heterocycles. The quantitative estimate of drug-likeness (QED) is 0.789. The number of hydrogen-bond donors (Lipinski definition) is 0. The lowest BCUT2D eigenvalue weighted by molar-refractivity contribution is -0.129. The summed E-state index contributed by atoms with van der Waals surface area (Å²) in [4.78, 5) is 16.2. The molecule has 3 rings (SSSR count). The third-order valence-electron chi connectivity index (χ3n) is 5.28. The largest absolute Gasteiger partial charge is 0.342 e. The van der Waals surface area contributed by atoms with Crippen molar-refractivity contribution in [2.45, 2.75) is 32.2 Å². The molecule has 1 aromatic carbocycles. The first-order chi connectivity index (χ1) is 11.5. The summed E-state index contributed by atoms with van der Waals surface area (Å²) in [5.74, 6) is -1.40. The van der Waals surface area contributed by atoms with Crippen molar-refractivity contribution in [2.75, 3.05) is 26.2 Å². The number of halogens is 2. The molecule has 0 radical (unpaired) electrons. The van der Waals surface area contributed by atoms with Crippen LogP contribution in [0.3, 0.4) is 0 Å². The van der Waals surface area contributed by atoms with Crippen LogP contribution >= 0.6 is 0 Å². The summed E-state index contributed by atoms with van der Waals surface area (Å²) >= 11 is 0. The Bertz CT molecular complexity index is 634. The first kappa shape index (κ1) is 17.1. The smallest absolute Gasteiger partial charge is 0.226 e. The molecule has 0 aliphatic carbocycles. The molecular formula is C19H24F2N2O. The molecule has 0 unspecified atom stereocenters. The molecule has 2 aliphatic heterocycles. The molecule has 0 aromatic heterocycles. The van der Waals surface area contributed by atoms with Gasteiger partial charge in [-0.1, -0.05) is 18.2 Å². The fourth-order valence-electron chi connectivity index (χ4n) is 4.09. The Morgan fingerprint density at radius 3 is 2.88 bits per heavy atom. The highest BCUT2D eigenvalue weighted by molar-refractivity contribution is 5.78. The molecule has 130 valence electrons. The van der Waals surface area contributed by atoms with Crippen LogP contribution in [0.1, 0.15) is 31.2 Å². The number of benzene rings is 1. The van der Waals surface area contributed by atoms with Gasteiger partial charge in [0.1, 0.15) is 0 Å². The van der Waals surface area contributed by atoms with Crippen LogP contribution in [-0.2, 0) is 11.3 Å². The Labute approximate surface area is 141 Å². The van der Waals surface area contributed by atoms with Crippen molar-refractivity contribution in [3.63, 3.8) is 0 Å². The van der Waals surface area contributed by atoms with Crippen LogP contribution in [0.4, 0.5) is 8.78 Å². The van der Waals surface area contributed by atoms with Crippen molar-refractivity contribution >= 4 is 5.91 Å². The highest BCUT2D eigenvalue weighted by Crippen LogP contribution is 2.39. The monoisotopic (exact) mass is 334 g/mol. The van der Waals surface area contributed by atoms with Crippen LogP contribution in [0.5, 0.6) is 0 Å². The third kappa shape index (κ3) is 3.51. The minimum absolute atomic E-state index is 0.0961. The number of piperidine rings is 1. The SMILES string of the molecule is C=CCC(=O)N1CC[C@]2(CCCN(Cc3cccc(F)c3F)C2)C1. The average molecular weight is 334 g/mol. The summed E-state index contributed by atoms with van der Waals surface area (Å²) < 4.78 is 27.3. The van der Waals surface area contributed by atoms with Crippen molar-refractivity contribution in [2.24, 2.45) is 5.41 Å². The van der Waals surface area contributed by atoms with Gasteiger partial charge in [-0.3, -0.25) is 9.69 Å². The summed E-state index contributed by atoms with van der Waals surface area (Å²) in [6.07, 6.45) is 5.13. The fraction of sp³-hybridized carbons (Fsp3) is 0.526. The molecule has 1 aromatic rings. The van der Waals surface area contributed by atoms with Crippen molar-refractivity contribution in [3.05, 3.63) is 48.1 Å². The summed E-state index contributed by atoms with van der Waals surface area (Å²) in [7, 11) is 0. The maximum atomic E-state index is 13.9. The lowest BCUT2D eigenvalue weighted by Crippen LogP contribution is -2.45. The van der Waals surface area contributed by atoms with Gasteiger partial charge in [0, 0.05) is 43.6 Å². The van der Waals surface area contributed by atoms with Gasteiger partial charge in [0.05, 0.1) is 0 Å². The molecular weight excluding hydrogens is 310 g/mol. The summed E-state index contributed by atoms with van der Waals surface area (Å²) in [5, 5.41) is 0. The number of nitrogens with zero attached hydrogens (tertiary/aromatic N) is 2. The fourth-order valence-corrected chi connectivity index (χ4v) is 4.09. The number of carbonyl (C=O) groups excluding carboxylic acids is 1. The molecule has 1 atom stereocenters. The molecule has 1 spiro atoms. The molecule has 24 heavy (non-hydrogen) atoms. The van der Waals surface area contributed by atoms with Gasteiger partial charge in [0.2, 0.25) is 5.91 Å². The first-order valence-corrected chi connectivity index (χ1v) is 8.57. The Hall–Kier alpha value is -1.75. The molecule has 1 amide bonds. The van der Waals surface area contributed by atoms with E-state index < -0.39 is 11.6 Å². The highest BCUT2D eigenvalue weighted by Gasteiger charge is 2.42. The number of amides is 1. The highest BCUT2D eigenvalue weighted by atomic mass is 19.2. The van der Waals surface area contributed by atoms with Crippen molar-refractivity contribution in [1.82, 2.24) is 9.80 Å². The van der Waals surface area contributed by atoms with Crippen molar-refractivity contribution < 1.29 is 13.6 Å². The topological polar surface area (TPSA) is 23.6 Å². The number of carbonyl (C=O) groups is 1. The maximum Gasteiger partial charge on any atom is 0.226 e. The minimum atomic E-state index is -0.790. The van der Waals surface area contributed by atoms with Crippen LogP contribution in [0, 0.1) is 17.0 Å². The number of hydrogen-bond acceptors (Lipinski definition) is 2. The zero-order valence-corrected chi connectivity index (χ0v) is 13.9. The summed E-state index contributed by atoms with van der Waals surface area (Å²) in [5.41, 5.74) is 0.503. The van der Waals surface area contributed by atoms with E-state index in [2.05, 4.69) is 11.5 Å². The van der Waals surface area contributed by atoms with Crippen molar-refractivity contribution in [1.29, 1.82) is 0 Å². The van der Waals surface area contributed by atoms with E-state index in [0.717, 1.165) is 51.5 Å². The lowest BCUT2D eigenvalue weighted by atomic mass is 9.79. The standard InChI is InChI=1S/C19H24F2N2O/c1-2-5-17(24)23-11-9-19(14-23)8-4-10-22(13-19)12-15-6-3-7-16(20)18(15)21/h2-3,6-7H,1,4-5,8-14H2/t19-/m0/s1. The normalized spacial score (nSPS) is 24.5. The van der Waals surface area contributed by atoms with Crippen LogP contribution in [0.25, 0.3) is 0 Å². The third-order valence-corrected chi connectivity index (χ3v) is 5.28. The average Bonchev–Trinajstić information content (AvgIpc) is 2.96. The molecule has 3 nitrogen and oxygen atoms in total. The summed E-state index contributed by atoms with van der Waals surface area (Å²) in [6.45, 7) is 7.32. The molecule has 0 bridgehead atoms. The molecule has 2 fully saturated rings. The van der Waals surface area contributed by atoms with E-state index in [1.54, 1.807) is 18.2 Å². The molecule has 2 saturated heterocycles. The van der Waals surface area contributed by atoms with Crippen LogP contribution in [0.15, 0.2) is 30.9 Å².